The van der Waals surface area contributed by atoms with E-state index >= 15 is 0 Å². The summed E-state index contributed by atoms with van der Waals surface area (Å²) in [5.74, 6) is 1.11. The normalized spacial score (nSPS) is 10.8. The number of halogens is 2. The average molecular weight is 579 g/mol. The van der Waals surface area contributed by atoms with E-state index in [-0.39, 0.29) is 12.3 Å². The van der Waals surface area contributed by atoms with Crippen LogP contribution < -0.4 is 14.9 Å². The maximum atomic E-state index is 12.1. The zero-order valence-corrected chi connectivity index (χ0v) is 20.0. The summed E-state index contributed by atoms with van der Waals surface area (Å²) in [6, 6.07) is 21.3. The van der Waals surface area contributed by atoms with Crippen LogP contribution >= 0.6 is 38.5 Å². The number of nitrogens with one attached hydrogen (secondary N) is 1. The topological polar surface area (TPSA) is 59.9 Å². The highest BCUT2D eigenvalue weighted by Gasteiger charge is 2.11. The molecule has 154 valence electrons. The van der Waals surface area contributed by atoms with Gasteiger partial charge < -0.3 is 9.47 Å². The lowest BCUT2D eigenvalue weighted by atomic mass is 10.1. The second kappa shape index (κ2) is 11.1. The van der Waals surface area contributed by atoms with Crippen molar-refractivity contribution in [2.24, 2.45) is 5.10 Å². The first-order chi connectivity index (χ1) is 14.5. The van der Waals surface area contributed by atoms with Crippen LogP contribution in [0.4, 0.5) is 0 Å². The van der Waals surface area contributed by atoms with E-state index < -0.39 is 0 Å². The third-order valence-corrected chi connectivity index (χ3v) is 5.49. The molecule has 0 aliphatic heterocycles. The molecule has 3 rings (SSSR count). The molecular weight excluding hydrogens is 559 g/mol. The van der Waals surface area contributed by atoms with Gasteiger partial charge in [0.2, 0.25) is 5.91 Å². The second-order valence-corrected chi connectivity index (χ2v) is 8.48. The minimum Gasteiger partial charge on any atom is -0.493 e. The number of carbonyl (C=O) groups is 1. The fourth-order valence-electron chi connectivity index (χ4n) is 2.69. The summed E-state index contributed by atoms with van der Waals surface area (Å²) in [4.78, 5) is 12.1. The van der Waals surface area contributed by atoms with Crippen molar-refractivity contribution in [3.05, 3.63) is 91.5 Å². The van der Waals surface area contributed by atoms with Crippen molar-refractivity contribution < 1.29 is 14.3 Å². The molecule has 0 fully saturated rings. The lowest BCUT2D eigenvalue weighted by molar-refractivity contribution is -0.120. The van der Waals surface area contributed by atoms with Crippen LogP contribution in [0.25, 0.3) is 0 Å². The van der Waals surface area contributed by atoms with Gasteiger partial charge in [0.25, 0.3) is 0 Å². The molecule has 0 saturated carbocycles. The van der Waals surface area contributed by atoms with Crippen LogP contribution in [-0.4, -0.2) is 19.2 Å². The number of amides is 1. The SMILES string of the molecule is COc1cc(/C=N/NC(=O)Cc2ccc(Br)cc2)cc(I)c1OCc1ccccc1. The van der Waals surface area contributed by atoms with Crippen molar-refractivity contribution in [1.82, 2.24) is 5.43 Å². The molecule has 5 nitrogen and oxygen atoms in total. The standard InChI is InChI=1S/C23H20BrIN2O3/c1-29-21-12-18(11-20(25)23(21)30-15-17-5-3-2-4-6-17)14-26-27-22(28)13-16-7-9-19(24)10-8-16/h2-12,14H,13,15H2,1H3,(H,27,28)/b26-14+. The number of nitrogens with zero attached hydrogens (tertiary/aromatic N) is 1. The highest BCUT2D eigenvalue weighted by molar-refractivity contribution is 14.1. The maximum absolute atomic E-state index is 12.1. The van der Waals surface area contributed by atoms with Crippen LogP contribution in [-0.2, 0) is 17.8 Å². The van der Waals surface area contributed by atoms with Crippen LogP contribution in [0.15, 0.2) is 76.3 Å². The molecule has 1 amide bonds. The van der Waals surface area contributed by atoms with E-state index in [1.165, 1.54) is 0 Å². The molecule has 0 bridgehead atoms. The molecule has 0 heterocycles. The summed E-state index contributed by atoms with van der Waals surface area (Å²) < 4.78 is 13.3. The molecule has 3 aromatic carbocycles. The minimum atomic E-state index is -0.182. The van der Waals surface area contributed by atoms with Gasteiger partial charge in [-0.05, 0) is 63.5 Å². The first kappa shape index (κ1) is 22.3. The number of carbonyl (C=O) groups excluding carboxylic acids is 1. The molecule has 0 aliphatic rings. The Morgan fingerprint density at radius 2 is 1.83 bits per heavy atom. The summed E-state index contributed by atoms with van der Waals surface area (Å²) in [7, 11) is 1.60. The van der Waals surface area contributed by atoms with Gasteiger partial charge in [0.15, 0.2) is 11.5 Å². The van der Waals surface area contributed by atoms with Crippen molar-refractivity contribution in [2.75, 3.05) is 7.11 Å². The Bertz CT molecular complexity index is 1020. The Kier molecular flexibility index (Phi) is 8.27. The summed E-state index contributed by atoms with van der Waals surface area (Å²) >= 11 is 5.58. The number of hydrazone groups is 1. The Morgan fingerprint density at radius 1 is 1.10 bits per heavy atom. The van der Waals surface area contributed by atoms with E-state index in [0.717, 1.165) is 24.7 Å². The number of rotatable bonds is 8. The quantitative estimate of drug-likeness (QED) is 0.223. The van der Waals surface area contributed by atoms with Gasteiger partial charge in [-0.2, -0.15) is 5.10 Å². The van der Waals surface area contributed by atoms with E-state index in [2.05, 4.69) is 49.0 Å². The van der Waals surface area contributed by atoms with E-state index in [1.807, 2.05) is 66.7 Å². The van der Waals surface area contributed by atoms with Gasteiger partial charge in [-0.3, -0.25) is 4.79 Å². The molecule has 0 atom stereocenters. The van der Waals surface area contributed by atoms with E-state index in [4.69, 9.17) is 9.47 Å². The first-order valence-corrected chi connectivity index (χ1v) is 11.0. The van der Waals surface area contributed by atoms with Crippen LogP contribution in [0.1, 0.15) is 16.7 Å². The van der Waals surface area contributed by atoms with E-state index in [1.54, 1.807) is 13.3 Å². The minimum absolute atomic E-state index is 0.182. The van der Waals surface area contributed by atoms with Crippen LogP contribution in [0, 0.1) is 3.57 Å². The zero-order chi connectivity index (χ0) is 21.3. The van der Waals surface area contributed by atoms with Crippen LogP contribution in [0.3, 0.4) is 0 Å². The predicted octanol–water partition coefficient (Wildman–Crippen LogP) is 5.33. The molecular formula is C23H20BrIN2O3. The van der Waals surface area contributed by atoms with Crippen molar-refractivity contribution in [3.63, 3.8) is 0 Å². The summed E-state index contributed by atoms with van der Waals surface area (Å²) in [6.45, 7) is 0.451. The molecule has 0 unspecified atom stereocenters. The van der Waals surface area contributed by atoms with Crippen molar-refractivity contribution in [1.29, 1.82) is 0 Å². The molecule has 30 heavy (non-hydrogen) atoms. The zero-order valence-electron chi connectivity index (χ0n) is 16.3. The molecule has 7 heteroatoms. The average Bonchev–Trinajstić information content (AvgIpc) is 2.75. The Balaban J connectivity index is 1.62. The van der Waals surface area contributed by atoms with Gasteiger partial charge in [-0.25, -0.2) is 5.43 Å². The second-order valence-electron chi connectivity index (χ2n) is 6.40. The highest BCUT2D eigenvalue weighted by atomic mass is 127. The lowest BCUT2D eigenvalue weighted by Gasteiger charge is -2.13. The molecule has 0 radical (unpaired) electrons. The van der Waals surface area contributed by atoms with Gasteiger partial charge >= 0.3 is 0 Å². The van der Waals surface area contributed by atoms with E-state index in [0.29, 0.717) is 18.1 Å². The third-order valence-electron chi connectivity index (χ3n) is 4.16. The molecule has 0 aromatic heterocycles. The number of methoxy groups -OCH3 is 1. The predicted molar refractivity (Wildman–Crippen MR) is 130 cm³/mol. The highest BCUT2D eigenvalue weighted by Crippen LogP contribution is 2.34. The van der Waals surface area contributed by atoms with Gasteiger partial charge in [0.05, 0.1) is 23.3 Å². The smallest absolute Gasteiger partial charge is 0.244 e. The van der Waals surface area contributed by atoms with Crippen molar-refractivity contribution in [2.45, 2.75) is 13.0 Å². The molecule has 3 aromatic rings. The van der Waals surface area contributed by atoms with Crippen LogP contribution in [0.2, 0.25) is 0 Å². The van der Waals surface area contributed by atoms with Gasteiger partial charge in [-0.15, -0.1) is 0 Å². The molecule has 0 saturated heterocycles. The summed E-state index contributed by atoms with van der Waals surface area (Å²) in [6.07, 6.45) is 1.85. The van der Waals surface area contributed by atoms with Crippen molar-refractivity contribution >= 4 is 50.6 Å². The summed E-state index contributed by atoms with van der Waals surface area (Å²) in [5.41, 5.74) is 5.35. The first-order valence-electron chi connectivity index (χ1n) is 9.16. The largest absolute Gasteiger partial charge is 0.493 e. The molecule has 1 N–H and O–H groups in total. The van der Waals surface area contributed by atoms with Gasteiger partial charge in [-0.1, -0.05) is 58.4 Å². The fourth-order valence-corrected chi connectivity index (χ4v) is 3.74. The molecule has 0 spiro atoms. The van der Waals surface area contributed by atoms with Crippen LogP contribution in [0.5, 0.6) is 11.5 Å². The number of hydrogen-bond acceptors (Lipinski definition) is 4. The summed E-state index contributed by atoms with van der Waals surface area (Å²) in [5, 5.41) is 4.06. The Morgan fingerprint density at radius 3 is 2.53 bits per heavy atom. The number of hydrogen-bond donors (Lipinski definition) is 1. The number of ether oxygens (including phenoxy) is 2. The third kappa shape index (κ3) is 6.56. The number of benzene rings is 3. The van der Waals surface area contributed by atoms with E-state index in [9.17, 15) is 4.79 Å². The van der Waals surface area contributed by atoms with Crippen molar-refractivity contribution in [3.8, 4) is 11.5 Å². The maximum Gasteiger partial charge on any atom is 0.244 e. The lowest BCUT2D eigenvalue weighted by Crippen LogP contribution is -2.19. The Hall–Kier alpha value is -2.39. The molecule has 0 aliphatic carbocycles. The fraction of sp³-hybridized carbons (Fsp3) is 0.130. The monoisotopic (exact) mass is 578 g/mol. The Labute approximate surface area is 197 Å². The van der Waals surface area contributed by atoms with Gasteiger partial charge in [0, 0.05) is 4.47 Å². The van der Waals surface area contributed by atoms with Gasteiger partial charge in [0.1, 0.15) is 6.61 Å².